The molecule has 0 amide bonds. The van der Waals surface area contributed by atoms with Gasteiger partial charge in [0.2, 0.25) is 0 Å². The highest BCUT2D eigenvalue weighted by Crippen LogP contribution is 2.25. The zero-order chi connectivity index (χ0) is 10.1. The van der Waals surface area contributed by atoms with Crippen molar-refractivity contribution in [2.24, 2.45) is 0 Å². The highest BCUT2D eigenvalue weighted by Gasteiger charge is 2.09. The summed E-state index contributed by atoms with van der Waals surface area (Å²) >= 11 is 0. The monoisotopic (exact) mass is 188 g/mol. The number of carbonyl (C=O) groups is 1. The Morgan fingerprint density at radius 3 is 2.86 bits per heavy atom. The third-order valence-corrected chi connectivity index (χ3v) is 2.55. The minimum absolute atomic E-state index is 0.438. The van der Waals surface area contributed by atoms with Crippen molar-refractivity contribution in [3.63, 3.8) is 0 Å². The molecule has 1 aromatic heterocycles. The van der Waals surface area contributed by atoms with Crippen LogP contribution in [0.4, 0.5) is 0 Å². The molecule has 2 rings (SSSR count). The quantitative estimate of drug-likeness (QED) is 0.678. The van der Waals surface area contributed by atoms with Gasteiger partial charge in [-0.25, -0.2) is 0 Å². The smallest absolute Gasteiger partial charge is 0.185 e. The molecular formula is C12H12O2. The van der Waals surface area contributed by atoms with Crippen molar-refractivity contribution in [1.29, 1.82) is 0 Å². The molecule has 2 aromatic rings. The molecule has 0 N–H and O–H groups in total. The van der Waals surface area contributed by atoms with E-state index in [1.54, 1.807) is 0 Å². The highest BCUT2D eigenvalue weighted by molar-refractivity contribution is 5.89. The molecule has 72 valence electrons. The Balaban J connectivity index is 2.74. The van der Waals surface area contributed by atoms with Gasteiger partial charge < -0.3 is 4.42 Å². The van der Waals surface area contributed by atoms with Crippen molar-refractivity contribution in [2.45, 2.75) is 20.3 Å². The first kappa shape index (κ1) is 9.00. The van der Waals surface area contributed by atoms with Gasteiger partial charge in [0.1, 0.15) is 5.58 Å². The van der Waals surface area contributed by atoms with E-state index in [9.17, 15) is 4.79 Å². The first-order chi connectivity index (χ1) is 6.76. The highest BCUT2D eigenvalue weighted by atomic mass is 16.3. The Labute approximate surface area is 82.5 Å². The number of rotatable bonds is 2. The van der Waals surface area contributed by atoms with E-state index in [0.29, 0.717) is 5.76 Å². The third kappa shape index (κ3) is 1.23. The number of aryl methyl sites for hydroxylation is 2. The van der Waals surface area contributed by atoms with Gasteiger partial charge in [-0.3, -0.25) is 4.79 Å². The number of furan rings is 1. The normalized spacial score (nSPS) is 10.7. The van der Waals surface area contributed by atoms with Crippen LogP contribution in [0.15, 0.2) is 22.6 Å². The lowest BCUT2D eigenvalue weighted by Gasteiger charge is -1.95. The van der Waals surface area contributed by atoms with Gasteiger partial charge in [0.05, 0.1) is 0 Å². The maximum absolute atomic E-state index is 10.7. The minimum Gasteiger partial charge on any atom is -0.453 e. The van der Waals surface area contributed by atoms with Gasteiger partial charge in [0.15, 0.2) is 12.0 Å². The number of hydrogen-bond acceptors (Lipinski definition) is 2. The van der Waals surface area contributed by atoms with Crippen LogP contribution in [-0.4, -0.2) is 6.29 Å². The van der Waals surface area contributed by atoms with Gasteiger partial charge in [0, 0.05) is 10.9 Å². The van der Waals surface area contributed by atoms with Crippen molar-refractivity contribution >= 4 is 17.3 Å². The van der Waals surface area contributed by atoms with E-state index < -0.39 is 0 Å². The standard InChI is InChI=1S/C12H12O2/c1-3-9-4-5-11-10(6-9)8(2)12(7-13)14-11/h4-7H,3H2,1-2H3. The Bertz CT molecular complexity index is 480. The summed E-state index contributed by atoms with van der Waals surface area (Å²) in [7, 11) is 0. The summed E-state index contributed by atoms with van der Waals surface area (Å²) in [4.78, 5) is 10.7. The SMILES string of the molecule is CCc1ccc2oc(C=O)c(C)c2c1. The van der Waals surface area contributed by atoms with Gasteiger partial charge in [0.25, 0.3) is 0 Å². The van der Waals surface area contributed by atoms with E-state index in [2.05, 4.69) is 13.0 Å². The van der Waals surface area contributed by atoms with Crippen molar-refractivity contribution in [3.8, 4) is 0 Å². The van der Waals surface area contributed by atoms with Crippen LogP contribution in [0.25, 0.3) is 11.0 Å². The number of hydrogen-bond donors (Lipinski definition) is 0. The molecule has 0 fully saturated rings. The molecule has 0 radical (unpaired) electrons. The fourth-order valence-electron chi connectivity index (χ4n) is 1.62. The Kier molecular flexibility index (Phi) is 2.12. The molecule has 0 aliphatic heterocycles. The van der Waals surface area contributed by atoms with Crippen molar-refractivity contribution in [3.05, 3.63) is 35.1 Å². The summed E-state index contributed by atoms with van der Waals surface area (Å²) < 4.78 is 5.38. The van der Waals surface area contributed by atoms with Crippen molar-refractivity contribution < 1.29 is 9.21 Å². The molecule has 0 aliphatic rings. The van der Waals surface area contributed by atoms with Crippen LogP contribution >= 0.6 is 0 Å². The number of carbonyl (C=O) groups excluding carboxylic acids is 1. The van der Waals surface area contributed by atoms with Crippen LogP contribution in [0, 0.1) is 6.92 Å². The third-order valence-electron chi connectivity index (χ3n) is 2.55. The lowest BCUT2D eigenvalue weighted by Crippen LogP contribution is -1.80. The average Bonchev–Trinajstić information content (AvgIpc) is 2.55. The van der Waals surface area contributed by atoms with Crippen LogP contribution in [-0.2, 0) is 6.42 Å². The Hall–Kier alpha value is -1.57. The molecule has 14 heavy (non-hydrogen) atoms. The summed E-state index contributed by atoms with van der Waals surface area (Å²) in [5, 5.41) is 1.05. The summed E-state index contributed by atoms with van der Waals surface area (Å²) in [5.41, 5.74) is 2.99. The van der Waals surface area contributed by atoms with Crippen LogP contribution in [0.1, 0.15) is 28.6 Å². The summed E-state index contributed by atoms with van der Waals surface area (Å²) in [6.07, 6.45) is 1.76. The molecule has 0 aliphatic carbocycles. The van der Waals surface area contributed by atoms with E-state index in [1.807, 2.05) is 19.1 Å². The second kappa shape index (κ2) is 3.29. The zero-order valence-corrected chi connectivity index (χ0v) is 8.33. The summed E-state index contributed by atoms with van der Waals surface area (Å²) in [5.74, 6) is 0.438. The lowest BCUT2D eigenvalue weighted by atomic mass is 10.1. The lowest BCUT2D eigenvalue weighted by molar-refractivity contribution is 0.110. The molecule has 0 atom stereocenters. The van der Waals surface area contributed by atoms with E-state index in [4.69, 9.17) is 4.42 Å². The van der Waals surface area contributed by atoms with Gasteiger partial charge in [-0.1, -0.05) is 13.0 Å². The Morgan fingerprint density at radius 1 is 1.43 bits per heavy atom. The number of aldehydes is 1. The summed E-state index contributed by atoms with van der Waals surface area (Å²) in [6.45, 7) is 4.02. The topological polar surface area (TPSA) is 30.2 Å². The van der Waals surface area contributed by atoms with Gasteiger partial charge >= 0.3 is 0 Å². The largest absolute Gasteiger partial charge is 0.453 e. The van der Waals surface area contributed by atoms with E-state index >= 15 is 0 Å². The second-order valence-electron chi connectivity index (χ2n) is 3.39. The molecule has 0 unspecified atom stereocenters. The van der Waals surface area contributed by atoms with Gasteiger partial charge in [-0.05, 0) is 31.0 Å². The molecule has 0 saturated heterocycles. The zero-order valence-electron chi connectivity index (χ0n) is 8.33. The maximum atomic E-state index is 10.7. The van der Waals surface area contributed by atoms with E-state index in [1.165, 1.54) is 5.56 Å². The minimum atomic E-state index is 0.438. The van der Waals surface area contributed by atoms with E-state index in [-0.39, 0.29) is 0 Å². The maximum Gasteiger partial charge on any atom is 0.185 e. The molecule has 1 heterocycles. The fourth-order valence-corrected chi connectivity index (χ4v) is 1.62. The van der Waals surface area contributed by atoms with E-state index in [0.717, 1.165) is 29.2 Å². The molecular weight excluding hydrogens is 176 g/mol. The fraction of sp³-hybridized carbons (Fsp3) is 0.250. The summed E-state index contributed by atoms with van der Waals surface area (Å²) in [6, 6.07) is 6.04. The molecule has 2 nitrogen and oxygen atoms in total. The predicted molar refractivity (Wildman–Crippen MR) is 55.7 cm³/mol. The van der Waals surface area contributed by atoms with Gasteiger partial charge in [-0.15, -0.1) is 0 Å². The number of benzene rings is 1. The van der Waals surface area contributed by atoms with Crippen molar-refractivity contribution in [2.75, 3.05) is 0 Å². The molecule has 0 spiro atoms. The molecule has 0 bridgehead atoms. The average molecular weight is 188 g/mol. The van der Waals surface area contributed by atoms with Crippen molar-refractivity contribution in [1.82, 2.24) is 0 Å². The molecule has 1 aromatic carbocycles. The molecule has 2 heteroatoms. The number of fused-ring (bicyclic) bond motifs is 1. The first-order valence-electron chi connectivity index (χ1n) is 4.73. The van der Waals surface area contributed by atoms with Gasteiger partial charge in [-0.2, -0.15) is 0 Å². The second-order valence-corrected chi connectivity index (χ2v) is 3.39. The van der Waals surface area contributed by atoms with Crippen LogP contribution in [0.2, 0.25) is 0 Å². The van der Waals surface area contributed by atoms with Crippen LogP contribution in [0.3, 0.4) is 0 Å². The Morgan fingerprint density at radius 2 is 2.21 bits per heavy atom. The van der Waals surface area contributed by atoms with Crippen LogP contribution < -0.4 is 0 Å². The van der Waals surface area contributed by atoms with Crippen LogP contribution in [0.5, 0.6) is 0 Å². The predicted octanol–water partition coefficient (Wildman–Crippen LogP) is 3.12. The first-order valence-corrected chi connectivity index (χ1v) is 4.73. The molecule has 0 saturated carbocycles.